The largest absolute Gasteiger partial charge is 0.493 e. The topological polar surface area (TPSA) is 46.2 Å². The molecular weight excluding hydrogens is 921 g/mol. The van der Waals surface area contributed by atoms with Gasteiger partial charge in [0, 0.05) is 32.1 Å². The first-order valence-corrected chi connectivity index (χ1v) is 29.1. The van der Waals surface area contributed by atoms with Gasteiger partial charge in [-0.25, -0.2) is 0 Å². The first-order chi connectivity index (χ1) is 35.1. The summed E-state index contributed by atoms with van der Waals surface area (Å²) in [6.45, 7) is 49.2. The molecule has 410 valence electrons. The van der Waals surface area contributed by atoms with Crippen LogP contribution in [0.4, 0.5) is 0 Å². The molecule has 0 radical (unpaired) electrons. The smallest absolute Gasteiger partial charge is 0.126 e. The van der Waals surface area contributed by atoms with Crippen molar-refractivity contribution < 1.29 is 23.7 Å². The summed E-state index contributed by atoms with van der Waals surface area (Å²) in [5.74, 6) is 4.88. The van der Waals surface area contributed by atoms with E-state index in [4.69, 9.17) is 23.7 Å². The second-order valence-electron chi connectivity index (χ2n) is 27.0. The zero-order chi connectivity index (χ0) is 55.3. The molecule has 0 aliphatic heterocycles. The summed E-state index contributed by atoms with van der Waals surface area (Å²) in [4.78, 5) is 0. The van der Waals surface area contributed by atoms with Crippen molar-refractivity contribution >= 4 is 0 Å². The number of hydrogen-bond donors (Lipinski definition) is 0. The molecule has 0 heterocycles. The van der Waals surface area contributed by atoms with Crippen LogP contribution in [-0.2, 0) is 59.2 Å². The fourth-order valence-electron chi connectivity index (χ4n) is 10.2. The Balaban J connectivity index is 1.89. The summed E-state index contributed by atoms with van der Waals surface area (Å²) >= 11 is 0. The molecule has 1 aliphatic carbocycles. The lowest BCUT2D eigenvalue weighted by Crippen LogP contribution is -2.18. The highest BCUT2D eigenvalue weighted by atomic mass is 16.5. The Kier molecular flexibility index (Phi) is 19.1. The van der Waals surface area contributed by atoms with E-state index in [1.807, 2.05) is 0 Å². The molecular formula is C70H100O5. The van der Waals surface area contributed by atoms with Crippen LogP contribution in [0.25, 0.3) is 0 Å². The minimum Gasteiger partial charge on any atom is -0.493 e. The van der Waals surface area contributed by atoms with Gasteiger partial charge in [0.15, 0.2) is 0 Å². The van der Waals surface area contributed by atoms with Gasteiger partial charge in [-0.05, 0) is 143 Å². The number of benzene rings is 5. The number of ether oxygens (including phenoxy) is 5. The van der Waals surface area contributed by atoms with Gasteiger partial charge >= 0.3 is 0 Å². The Morgan fingerprint density at radius 1 is 0.240 bits per heavy atom. The second kappa shape index (κ2) is 24.2. The molecule has 5 nitrogen and oxygen atoms in total. The van der Waals surface area contributed by atoms with Crippen molar-refractivity contribution in [1.29, 1.82) is 0 Å². The molecule has 75 heavy (non-hydrogen) atoms. The number of fused-ring (bicyclic) bond motifs is 10. The SMILES string of the molecule is CCCOc1c2cc(C(C)(C)C)cc1Cc1cc(C(C)(C)C)cc(c1OCCC)Cc1cc(C(C)(C)C)cc(c1OCCC)Cc1cc(C(C)(C)C)cc(c1OCCC)Cc1cc(C(C)(C)C)cc(c1OCCC)C2. The van der Waals surface area contributed by atoms with E-state index in [1.54, 1.807) is 0 Å². The van der Waals surface area contributed by atoms with Gasteiger partial charge in [-0.15, -0.1) is 0 Å². The third-order valence-electron chi connectivity index (χ3n) is 14.7. The van der Waals surface area contributed by atoms with Gasteiger partial charge in [0.25, 0.3) is 0 Å². The van der Waals surface area contributed by atoms with Crippen LogP contribution >= 0.6 is 0 Å². The minimum absolute atomic E-state index is 0.129. The maximum atomic E-state index is 7.12. The Morgan fingerprint density at radius 2 is 0.360 bits per heavy atom. The fraction of sp³-hybridized carbons (Fsp3) is 0.571. The third-order valence-corrected chi connectivity index (χ3v) is 14.7. The zero-order valence-corrected chi connectivity index (χ0v) is 50.9. The van der Waals surface area contributed by atoms with Gasteiger partial charge in [0.05, 0.1) is 33.0 Å². The predicted octanol–water partition coefficient (Wildman–Crippen LogP) is 18.4. The van der Waals surface area contributed by atoms with E-state index in [2.05, 4.69) is 199 Å². The molecule has 0 unspecified atom stereocenters. The molecule has 5 aromatic carbocycles. The average molecular weight is 1020 g/mol. The summed E-state index contributed by atoms with van der Waals surface area (Å²) in [5, 5.41) is 0. The highest BCUT2D eigenvalue weighted by molar-refractivity contribution is 5.61. The molecule has 0 spiro atoms. The molecule has 0 saturated carbocycles. The molecule has 1 aliphatic rings. The Bertz CT molecular complexity index is 2180. The standard InChI is InChI=1S/C70H100O5/c1-21-26-71-61-46-31-48-38-57(67(9,10)11)40-50(62(48)72-27-22-2)33-52-42-59(69(15,16)17)44-54(64(52)74-29-24-4)35-55-45-60(70(18,19)20)43-53(65(55)75-30-25-5)34-51-41-58(68(12,13)14)39-49(63(51)73-28-23-3)32-47(61)37-56(36-46)66(6,7)8/h36-45H,21-35H2,1-20H3. The van der Waals surface area contributed by atoms with E-state index in [0.29, 0.717) is 65.1 Å². The molecule has 10 bridgehead atoms. The fourth-order valence-corrected chi connectivity index (χ4v) is 10.2. The van der Waals surface area contributed by atoms with Crippen molar-refractivity contribution in [1.82, 2.24) is 0 Å². The maximum Gasteiger partial charge on any atom is 0.126 e. The predicted molar refractivity (Wildman–Crippen MR) is 319 cm³/mol. The molecule has 0 atom stereocenters. The van der Waals surface area contributed by atoms with Crippen molar-refractivity contribution in [2.45, 2.75) is 230 Å². The molecule has 0 aromatic heterocycles. The van der Waals surface area contributed by atoms with Gasteiger partial charge in [0.1, 0.15) is 28.7 Å². The molecule has 5 aromatic rings. The van der Waals surface area contributed by atoms with E-state index in [-0.39, 0.29) is 27.1 Å². The molecule has 0 amide bonds. The summed E-state index contributed by atoms with van der Waals surface area (Å²) in [7, 11) is 0. The van der Waals surface area contributed by atoms with Crippen LogP contribution in [0.5, 0.6) is 28.7 Å². The van der Waals surface area contributed by atoms with E-state index in [1.165, 1.54) is 83.5 Å². The van der Waals surface area contributed by atoms with Gasteiger partial charge < -0.3 is 23.7 Å². The van der Waals surface area contributed by atoms with Crippen LogP contribution in [-0.4, -0.2) is 33.0 Å². The summed E-state index contributed by atoms with van der Waals surface area (Å²) in [5.41, 5.74) is 17.7. The van der Waals surface area contributed by atoms with Crippen molar-refractivity contribution in [3.63, 3.8) is 0 Å². The van der Waals surface area contributed by atoms with E-state index in [9.17, 15) is 0 Å². The minimum atomic E-state index is -0.129. The highest BCUT2D eigenvalue weighted by Gasteiger charge is 2.30. The first kappa shape index (κ1) is 59.3. The summed E-state index contributed by atoms with van der Waals surface area (Å²) in [6.07, 6.45) is 7.82. The quantitative estimate of drug-likeness (QED) is 0.103. The van der Waals surface area contributed by atoms with Gasteiger partial charge in [0.2, 0.25) is 0 Å². The maximum absolute atomic E-state index is 7.12. The van der Waals surface area contributed by atoms with E-state index < -0.39 is 0 Å². The van der Waals surface area contributed by atoms with Crippen molar-refractivity contribution in [2.75, 3.05) is 33.0 Å². The van der Waals surface area contributed by atoms with Crippen LogP contribution in [0.15, 0.2) is 60.7 Å². The monoisotopic (exact) mass is 1020 g/mol. The molecule has 0 N–H and O–H groups in total. The summed E-state index contributed by atoms with van der Waals surface area (Å²) < 4.78 is 35.6. The van der Waals surface area contributed by atoms with Gasteiger partial charge in [-0.2, -0.15) is 0 Å². The van der Waals surface area contributed by atoms with Crippen molar-refractivity contribution in [3.05, 3.63) is 144 Å². The second-order valence-corrected chi connectivity index (χ2v) is 27.0. The van der Waals surface area contributed by atoms with E-state index in [0.717, 1.165) is 60.9 Å². The Labute approximate surface area is 457 Å². The van der Waals surface area contributed by atoms with Crippen LogP contribution < -0.4 is 23.7 Å². The first-order valence-electron chi connectivity index (χ1n) is 29.1. The molecule has 6 rings (SSSR count). The van der Waals surface area contributed by atoms with Crippen LogP contribution in [0.3, 0.4) is 0 Å². The van der Waals surface area contributed by atoms with Gasteiger partial charge in [-0.1, -0.05) is 199 Å². The lowest BCUT2D eigenvalue weighted by Gasteiger charge is -2.29. The molecule has 0 fully saturated rings. The third kappa shape index (κ3) is 14.8. The lowest BCUT2D eigenvalue weighted by molar-refractivity contribution is 0.304. The lowest BCUT2D eigenvalue weighted by atomic mass is 9.79. The van der Waals surface area contributed by atoms with Crippen LogP contribution in [0, 0.1) is 0 Å². The molecule has 5 heteroatoms. The van der Waals surface area contributed by atoms with Crippen LogP contribution in [0.2, 0.25) is 0 Å². The van der Waals surface area contributed by atoms with Gasteiger partial charge in [-0.3, -0.25) is 0 Å². The Morgan fingerprint density at radius 3 is 0.453 bits per heavy atom. The zero-order valence-electron chi connectivity index (χ0n) is 50.9. The van der Waals surface area contributed by atoms with Crippen molar-refractivity contribution in [2.24, 2.45) is 0 Å². The average Bonchev–Trinajstić information content (AvgIpc) is 3.30. The van der Waals surface area contributed by atoms with E-state index >= 15 is 0 Å². The molecule has 0 saturated heterocycles. The number of rotatable bonds is 15. The Hall–Kier alpha value is -4.90. The highest BCUT2D eigenvalue weighted by Crippen LogP contribution is 2.45. The van der Waals surface area contributed by atoms with Crippen LogP contribution in [0.1, 0.15) is 254 Å². The van der Waals surface area contributed by atoms with Crippen molar-refractivity contribution in [3.8, 4) is 28.7 Å². The summed E-state index contributed by atoms with van der Waals surface area (Å²) in [6, 6.07) is 24.4. The normalized spacial score (nSPS) is 13.6. The number of hydrogen-bond acceptors (Lipinski definition) is 5.